The second kappa shape index (κ2) is 5.72. The Balaban J connectivity index is 0.00000162. The van der Waals surface area contributed by atoms with Crippen LogP contribution in [0.5, 0.6) is 0 Å². The van der Waals surface area contributed by atoms with E-state index in [-0.39, 0.29) is 35.7 Å². The van der Waals surface area contributed by atoms with Crippen molar-refractivity contribution in [3.63, 3.8) is 0 Å². The predicted molar refractivity (Wildman–Crippen MR) is 75.5 cm³/mol. The molecule has 100 valence electrons. The summed E-state index contributed by atoms with van der Waals surface area (Å²) in [5.41, 5.74) is 7.26. The number of hydrogen-bond donors (Lipinski definition) is 2. The third-order valence-electron chi connectivity index (χ3n) is 3.55. The van der Waals surface area contributed by atoms with Crippen LogP contribution in [0.4, 0.5) is 0 Å². The van der Waals surface area contributed by atoms with Crippen molar-refractivity contribution in [1.82, 2.24) is 5.32 Å². The van der Waals surface area contributed by atoms with Crippen molar-refractivity contribution in [2.75, 3.05) is 6.54 Å². The van der Waals surface area contributed by atoms with Gasteiger partial charge in [-0.2, -0.15) is 0 Å². The lowest BCUT2D eigenvalue weighted by Crippen LogP contribution is -2.33. The molecule has 0 aliphatic heterocycles. The van der Waals surface area contributed by atoms with Crippen LogP contribution in [0.3, 0.4) is 0 Å². The van der Waals surface area contributed by atoms with Crippen LogP contribution in [0.25, 0.3) is 0 Å². The van der Waals surface area contributed by atoms with Crippen LogP contribution in [0.1, 0.15) is 31.9 Å². The maximum Gasteiger partial charge on any atom is 0.223 e. The van der Waals surface area contributed by atoms with Gasteiger partial charge in [0.05, 0.1) is 0 Å². The molecule has 1 aliphatic carbocycles. The summed E-state index contributed by atoms with van der Waals surface area (Å²) in [6.45, 7) is 4.75. The summed E-state index contributed by atoms with van der Waals surface area (Å²) in [5, 5.41) is 2.93. The largest absolute Gasteiger partial charge is 0.354 e. The highest BCUT2D eigenvalue weighted by molar-refractivity contribution is 5.85. The average molecular weight is 269 g/mol. The van der Waals surface area contributed by atoms with Gasteiger partial charge in [0.2, 0.25) is 5.91 Å². The van der Waals surface area contributed by atoms with Crippen molar-refractivity contribution in [2.45, 2.75) is 26.3 Å². The van der Waals surface area contributed by atoms with Gasteiger partial charge >= 0.3 is 0 Å². The Kier molecular flexibility index (Phi) is 4.77. The molecule has 1 saturated carbocycles. The normalized spacial score (nSPS) is 21.6. The summed E-state index contributed by atoms with van der Waals surface area (Å²) in [4.78, 5) is 11.8. The predicted octanol–water partition coefficient (Wildman–Crippen LogP) is 2.27. The van der Waals surface area contributed by atoms with Crippen LogP contribution in [0.15, 0.2) is 30.3 Å². The second-order valence-corrected chi connectivity index (χ2v) is 5.51. The number of hydrogen-bond acceptors (Lipinski definition) is 2. The topological polar surface area (TPSA) is 55.1 Å². The number of carbonyl (C=O) groups is 1. The van der Waals surface area contributed by atoms with Crippen molar-refractivity contribution in [3.05, 3.63) is 35.9 Å². The van der Waals surface area contributed by atoms with Crippen LogP contribution in [-0.4, -0.2) is 12.5 Å². The molecule has 0 saturated heterocycles. The third-order valence-corrected chi connectivity index (χ3v) is 3.55. The summed E-state index contributed by atoms with van der Waals surface area (Å²) in [6, 6.07) is 9.72. The number of rotatable bonds is 4. The number of carbonyl (C=O) groups excluding carboxylic acids is 1. The number of nitrogens with one attached hydrogen (secondary N) is 1. The summed E-state index contributed by atoms with van der Waals surface area (Å²) in [5.74, 6) is 0.312. The first-order valence-corrected chi connectivity index (χ1v) is 6.09. The molecule has 1 aromatic rings. The molecule has 0 bridgehead atoms. The molecule has 2 unspecified atom stereocenters. The second-order valence-electron chi connectivity index (χ2n) is 5.51. The summed E-state index contributed by atoms with van der Waals surface area (Å²) in [7, 11) is 0. The van der Waals surface area contributed by atoms with Gasteiger partial charge in [-0.05, 0) is 17.4 Å². The molecular weight excluding hydrogens is 248 g/mol. The van der Waals surface area contributed by atoms with Gasteiger partial charge < -0.3 is 11.1 Å². The Morgan fingerprint density at radius 2 is 2.00 bits per heavy atom. The highest BCUT2D eigenvalue weighted by atomic mass is 35.5. The maximum atomic E-state index is 11.8. The Morgan fingerprint density at radius 1 is 1.44 bits per heavy atom. The zero-order valence-electron chi connectivity index (χ0n) is 10.8. The van der Waals surface area contributed by atoms with E-state index < -0.39 is 0 Å². The Hall–Kier alpha value is -1.06. The van der Waals surface area contributed by atoms with E-state index in [2.05, 4.69) is 19.2 Å². The first-order chi connectivity index (χ1) is 8.00. The van der Waals surface area contributed by atoms with Crippen molar-refractivity contribution < 1.29 is 4.79 Å². The van der Waals surface area contributed by atoms with E-state index >= 15 is 0 Å². The standard InChI is InChI=1S/C14H20N2O.ClH/c1-14(2)8-11(14)13(17)16-9-12(15)10-6-4-3-5-7-10;/h3-7,11-12H,8-9,15H2,1-2H3,(H,16,17);1H. The lowest BCUT2D eigenvalue weighted by molar-refractivity contribution is -0.123. The number of amides is 1. The van der Waals surface area contributed by atoms with Gasteiger partial charge in [-0.1, -0.05) is 44.2 Å². The molecule has 0 spiro atoms. The van der Waals surface area contributed by atoms with E-state index in [4.69, 9.17) is 5.73 Å². The Bertz CT molecular complexity index is 406. The van der Waals surface area contributed by atoms with Crippen LogP contribution in [0, 0.1) is 11.3 Å². The minimum Gasteiger partial charge on any atom is -0.354 e. The highest BCUT2D eigenvalue weighted by Gasteiger charge is 2.50. The van der Waals surface area contributed by atoms with Gasteiger partial charge in [-0.25, -0.2) is 0 Å². The molecule has 1 amide bonds. The molecule has 2 atom stereocenters. The van der Waals surface area contributed by atoms with E-state index in [1.54, 1.807) is 0 Å². The molecule has 0 radical (unpaired) electrons. The first-order valence-electron chi connectivity index (χ1n) is 6.09. The number of halogens is 1. The molecule has 1 fully saturated rings. The Morgan fingerprint density at radius 3 is 2.50 bits per heavy atom. The smallest absolute Gasteiger partial charge is 0.223 e. The van der Waals surface area contributed by atoms with Crippen LogP contribution in [0.2, 0.25) is 0 Å². The van der Waals surface area contributed by atoms with Gasteiger partial charge in [-0.15, -0.1) is 12.4 Å². The zero-order chi connectivity index (χ0) is 12.5. The molecule has 18 heavy (non-hydrogen) atoms. The minimum atomic E-state index is -0.123. The monoisotopic (exact) mass is 268 g/mol. The lowest BCUT2D eigenvalue weighted by Gasteiger charge is -2.13. The van der Waals surface area contributed by atoms with Crippen LogP contribution >= 0.6 is 12.4 Å². The Labute approximate surface area is 115 Å². The SMILES string of the molecule is CC1(C)CC1C(=O)NCC(N)c1ccccc1.Cl. The molecule has 3 nitrogen and oxygen atoms in total. The van der Waals surface area contributed by atoms with Crippen molar-refractivity contribution >= 4 is 18.3 Å². The zero-order valence-corrected chi connectivity index (χ0v) is 11.7. The van der Waals surface area contributed by atoms with E-state index in [0.717, 1.165) is 12.0 Å². The fraction of sp³-hybridized carbons (Fsp3) is 0.500. The minimum absolute atomic E-state index is 0. The molecule has 0 heterocycles. The van der Waals surface area contributed by atoms with E-state index in [1.165, 1.54) is 0 Å². The van der Waals surface area contributed by atoms with E-state index in [9.17, 15) is 4.79 Å². The summed E-state index contributed by atoms with van der Waals surface area (Å²) >= 11 is 0. The maximum absolute atomic E-state index is 11.8. The summed E-state index contributed by atoms with van der Waals surface area (Å²) < 4.78 is 0. The van der Waals surface area contributed by atoms with Crippen LogP contribution in [-0.2, 0) is 4.79 Å². The fourth-order valence-corrected chi connectivity index (χ4v) is 2.07. The highest BCUT2D eigenvalue weighted by Crippen LogP contribution is 2.51. The van der Waals surface area contributed by atoms with E-state index in [0.29, 0.717) is 6.54 Å². The molecule has 3 N–H and O–H groups in total. The van der Waals surface area contributed by atoms with Crippen molar-refractivity contribution in [2.24, 2.45) is 17.1 Å². The van der Waals surface area contributed by atoms with E-state index in [1.807, 2.05) is 30.3 Å². The number of nitrogens with two attached hydrogens (primary N) is 1. The molecule has 1 aromatic carbocycles. The number of benzene rings is 1. The molecule has 1 aliphatic rings. The van der Waals surface area contributed by atoms with Gasteiger partial charge in [0.15, 0.2) is 0 Å². The summed E-state index contributed by atoms with van der Waals surface area (Å²) in [6.07, 6.45) is 0.986. The lowest BCUT2D eigenvalue weighted by atomic mass is 10.1. The van der Waals surface area contributed by atoms with Gasteiger partial charge in [0.1, 0.15) is 0 Å². The molecular formula is C14H21ClN2O. The fourth-order valence-electron chi connectivity index (χ4n) is 2.07. The van der Waals surface area contributed by atoms with Gasteiger partial charge in [0.25, 0.3) is 0 Å². The average Bonchev–Trinajstić information content (AvgIpc) is 2.96. The van der Waals surface area contributed by atoms with Crippen molar-refractivity contribution in [3.8, 4) is 0 Å². The van der Waals surface area contributed by atoms with Gasteiger partial charge in [0, 0.05) is 18.5 Å². The molecule has 2 rings (SSSR count). The third kappa shape index (κ3) is 3.47. The molecule has 0 aromatic heterocycles. The van der Waals surface area contributed by atoms with Crippen molar-refractivity contribution in [1.29, 1.82) is 0 Å². The molecule has 4 heteroatoms. The van der Waals surface area contributed by atoms with Gasteiger partial charge in [-0.3, -0.25) is 4.79 Å². The van der Waals surface area contributed by atoms with Crippen LogP contribution < -0.4 is 11.1 Å². The quantitative estimate of drug-likeness (QED) is 0.880. The first kappa shape index (κ1) is 15.0.